The van der Waals surface area contributed by atoms with E-state index in [1.54, 1.807) is 0 Å². The largest absolute Gasteiger partial charge is 0.387 e. The van der Waals surface area contributed by atoms with E-state index in [9.17, 15) is 0 Å². The molecular weight excluding hydrogens is 160 g/mol. The van der Waals surface area contributed by atoms with Crippen LogP contribution in [0.2, 0.25) is 0 Å². The summed E-state index contributed by atoms with van der Waals surface area (Å²) in [5.74, 6) is 0. The number of hydrogen-bond donors (Lipinski definition) is 1. The quantitative estimate of drug-likeness (QED) is 0.710. The minimum absolute atomic E-state index is 0.755. The third kappa shape index (κ3) is 1.50. The molecule has 1 N–H and O–H groups in total. The van der Waals surface area contributed by atoms with Crippen LogP contribution >= 0.6 is 0 Å². The number of nitrogens with zero attached hydrogens (tertiary/aromatic N) is 1. The zero-order valence-corrected chi connectivity index (χ0v) is 8.52. The van der Waals surface area contributed by atoms with E-state index in [4.69, 9.17) is 5.26 Å². The molecule has 13 heavy (non-hydrogen) atoms. The first kappa shape index (κ1) is 9.60. The maximum atomic E-state index is 8.96. The Labute approximate surface area is 79.2 Å². The van der Waals surface area contributed by atoms with Crippen LogP contribution in [0.5, 0.6) is 0 Å². The van der Waals surface area contributed by atoms with Crippen LogP contribution in [0, 0.1) is 32.1 Å². The number of nitriles is 1. The van der Waals surface area contributed by atoms with Crippen molar-refractivity contribution < 1.29 is 0 Å². The number of rotatable bonds is 1. The minimum atomic E-state index is 0.755. The van der Waals surface area contributed by atoms with E-state index in [2.05, 4.69) is 18.3 Å². The topological polar surface area (TPSA) is 35.8 Å². The molecule has 2 heteroatoms. The van der Waals surface area contributed by atoms with Gasteiger partial charge in [0.15, 0.2) is 0 Å². The molecule has 0 atom stereocenters. The Hall–Kier alpha value is -1.49. The fraction of sp³-hybridized carbons (Fsp3) is 0.364. The molecular formula is C11H14N2. The van der Waals surface area contributed by atoms with Gasteiger partial charge in [-0.1, -0.05) is 0 Å². The van der Waals surface area contributed by atoms with Crippen LogP contribution in [-0.2, 0) is 0 Å². The summed E-state index contributed by atoms with van der Waals surface area (Å²) in [6.45, 7) is 6.09. The van der Waals surface area contributed by atoms with E-state index >= 15 is 0 Å². The number of aryl methyl sites for hydroxylation is 1. The van der Waals surface area contributed by atoms with Gasteiger partial charge in [-0.15, -0.1) is 0 Å². The van der Waals surface area contributed by atoms with E-state index in [-0.39, 0.29) is 0 Å². The minimum Gasteiger partial charge on any atom is -0.387 e. The fourth-order valence-corrected chi connectivity index (χ4v) is 1.42. The smallest absolute Gasteiger partial charge is 0.102 e. The lowest BCUT2D eigenvalue weighted by molar-refractivity contribution is 1.24. The Morgan fingerprint density at radius 1 is 1.23 bits per heavy atom. The van der Waals surface area contributed by atoms with Gasteiger partial charge < -0.3 is 5.32 Å². The van der Waals surface area contributed by atoms with Crippen molar-refractivity contribution in [1.29, 1.82) is 5.26 Å². The van der Waals surface area contributed by atoms with Crippen LogP contribution in [0.3, 0.4) is 0 Å². The third-order valence-electron chi connectivity index (χ3n) is 2.54. The van der Waals surface area contributed by atoms with Crippen LogP contribution in [0.4, 0.5) is 5.69 Å². The summed E-state index contributed by atoms with van der Waals surface area (Å²) in [5.41, 5.74) is 5.18. The summed E-state index contributed by atoms with van der Waals surface area (Å²) in [4.78, 5) is 0. The molecule has 0 fully saturated rings. The van der Waals surface area contributed by atoms with Crippen LogP contribution < -0.4 is 5.32 Å². The predicted octanol–water partition coefficient (Wildman–Crippen LogP) is 2.53. The van der Waals surface area contributed by atoms with Gasteiger partial charge in [-0.3, -0.25) is 0 Å². The maximum absolute atomic E-state index is 8.96. The average molecular weight is 174 g/mol. The van der Waals surface area contributed by atoms with Gasteiger partial charge in [0.25, 0.3) is 0 Å². The highest BCUT2D eigenvalue weighted by Gasteiger charge is 2.08. The Morgan fingerprint density at radius 3 is 2.31 bits per heavy atom. The summed E-state index contributed by atoms with van der Waals surface area (Å²) in [7, 11) is 1.84. The molecule has 0 aliphatic heterocycles. The fourth-order valence-electron chi connectivity index (χ4n) is 1.42. The van der Waals surface area contributed by atoms with Crippen molar-refractivity contribution in [2.24, 2.45) is 0 Å². The van der Waals surface area contributed by atoms with Crippen molar-refractivity contribution >= 4 is 5.69 Å². The van der Waals surface area contributed by atoms with Gasteiger partial charge in [0.05, 0.1) is 11.3 Å². The summed E-state index contributed by atoms with van der Waals surface area (Å²) in [6.07, 6.45) is 0. The molecule has 0 aliphatic rings. The van der Waals surface area contributed by atoms with Gasteiger partial charge in [0, 0.05) is 7.05 Å². The molecule has 0 amide bonds. The molecule has 68 valence electrons. The van der Waals surface area contributed by atoms with Crippen molar-refractivity contribution in [2.45, 2.75) is 20.8 Å². The van der Waals surface area contributed by atoms with Gasteiger partial charge in [-0.05, 0) is 43.5 Å². The highest BCUT2D eigenvalue weighted by Crippen LogP contribution is 2.24. The summed E-state index contributed by atoms with van der Waals surface area (Å²) in [5, 5.41) is 12.0. The first-order valence-corrected chi connectivity index (χ1v) is 4.30. The van der Waals surface area contributed by atoms with Crippen molar-refractivity contribution in [3.63, 3.8) is 0 Å². The second-order valence-corrected chi connectivity index (χ2v) is 3.23. The van der Waals surface area contributed by atoms with Crippen LogP contribution in [0.25, 0.3) is 0 Å². The third-order valence-corrected chi connectivity index (χ3v) is 2.54. The number of hydrogen-bond acceptors (Lipinski definition) is 2. The van der Waals surface area contributed by atoms with Gasteiger partial charge in [-0.25, -0.2) is 0 Å². The molecule has 0 aliphatic carbocycles. The molecule has 1 aromatic carbocycles. The van der Waals surface area contributed by atoms with E-state index < -0.39 is 0 Å². The van der Waals surface area contributed by atoms with E-state index in [0.29, 0.717) is 0 Å². The Balaban J connectivity index is 3.50. The Bertz CT molecular complexity index is 373. The first-order chi connectivity index (χ1) is 6.11. The molecule has 0 bridgehead atoms. The van der Waals surface area contributed by atoms with Crippen LogP contribution in [-0.4, -0.2) is 7.05 Å². The summed E-state index contributed by atoms with van der Waals surface area (Å²) < 4.78 is 0. The maximum Gasteiger partial charge on any atom is 0.102 e. The molecule has 0 spiro atoms. The van der Waals surface area contributed by atoms with Crippen LogP contribution in [0.15, 0.2) is 6.07 Å². The second kappa shape index (κ2) is 3.49. The van der Waals surface area contributed by atoms with E-state index in [1.165, 1.54) is 11.1 Å². The van der Waals surface area contributed by atoms with Gasteiger partial charge in [0.1, 0.15) is 6.07 Å². The lowest BCUT2D eigenvalue weighted by Gasteiger charge is -2.11. The first-order valence-electron chi connectivity index (χ1n) is 4.30. The highest BCUT2D eigenvalue weighted by atomic mass is 14.8. The lowest BCUT2D eigenvalue weighted by Crippen LogP contribution is -1.98. The summed E-state index contributed by atoms with van der Waals surface area (Å²) in [6, 6.07) is 4.24. The van der Waals surface area contributed by atoms with Crippen LogP contribution in [0.1, 0.15) is 22.3 Å². The van der Waals surface area contributed by atoms with E-state index in [0.717, 1.165) is 16.8 Å². The number of benzene rings is 1. The van der Waals surface area contributed by atoms with Crippen molar-refractivity contribution in [2.75, 3.05) is 12.4 Å². The normalized spacial score (nSPS) is 9.46. The predicted molar refractivity (Wildman–Crippen MR) is 54.9 cm³/mol. The highest BCUT2D eigenvalue weighted by molar-refractivity contribution is 5.64. The zero-order valence-electron chi connectivity index (χ0n) is 8.52. The number of nitrogens with one attached hydrogen (secondary N) is 1. The number of anilines is 1. The van der Waals surface area contributed by atoms with Crippen molar-refractivity contribution in [3.8, 4) is 6.07 Å². The molecule has 0 heterocycles. The lowest BCUT2D eigenvalue weighted by atomic mass is 9.97. The standard InChI is InChI=1S/C11H14N2/c1-7-5-11(13-4)10(6-12)9(3)8(7)2/h5,13H,1-4H3. The molecule has 0 unspecified atom stereocenters. The summed E-state index contributed by atoms with van der Waals surface area (Å²) >= 11 is 0. The zero-order chi connectivity index (χ0) is 10.0. The molecule has 0 saturated carbocycles. The SMILES string of the molecule is CNc1cc(C)c(C)c(C)c1C#N. The van der Waals surface area contributed by atoms with E-state index in [1.807, 2.05) is 27.0 Å². The van der Waals surface area contributed by atoms with Gasteiger partial charge in [0.2, 0.25) is 0 Å². The monoisotopic (exact) mass is 174 g/mol. The Kier molecular flexibility index (Phi) is 2.57. The molecule has 1 aromatic rings. The molecule has 1 rings (SSSR count). The van der Waals surface area contributed by atoms with Gasteiger partial charge in [-0.2, -0.15) is 5.26 Å². The molecule has 2 nitrogen and oxygen atoms in total. The Morgan fingerprint density at radius 2 is 1.85 bits per heavy atom. The van der Waals surface area contributed by atoms with Crippen molar-refractivity contribution in [3.05, 3.63) is 28.3 Å². The second-order valence-electron chi connectivity index (χ2n) is 3.23. The molecule has 0 aromatic heterocycles. The molecule has 0 radical (unpaired) electrons. The van der Waals surface area contributed by atoms with Crippen molar-refractivity contribution in [1.82, 2.24) is 0 Å². The van der Waals surface area contributed by atoms with Gasteiger partial charge >= 0.3 is 0 Å². The average Bonchev–Trinajstić information content (AvgIpc) is 2.13. The molecule has 0 saturated heterocycles.